The molecule has 1 atom stereocenters. The number of hydrogen-bond acceptors (Lipinski definition) is 3. The summed E-state index contributed by atoms with van der Waals surface area (Å²) in [6.07, 6.45) is -0.433. The molecule has 4 nitrogen and oxygen atoms in total. The Balaban J connectivity index is 2.55. The molecule has 0 spiro atoms. The van der Waals surface area contributed by atoms with Crippen LogP contribution in [0.5, 0.6) is 5.75 Å². The molecular formula is C11H16N2O2S. The Labute approximate surface area is 101 Å². The van der Waals surface area contributed by atoms with Crippen LogP contribution in [0, 0.1) is 0 Å². The average Bonchev–Trinajstić information content (AvgIpc) is 2.27. The van der Waals surface area contributed by atoms with Crippen molar-refractivity contribution >= 4 is 23.0 Å². The van der Waals surface area contributed by atoms with Crippen LogP contribution in [0.1, 0.15) is 6.92 Å². The third-order valence-electron chi connectivity index (χ3n) is 1.91. The predicted molar refractivity (Wildman–Crippen MR) is 68.9 cm³/mol. The van der Waals surface area contributed by atoms with E-state index in [1.165, 1.54) is 0 Å². The highest BCUT2D eigenvalue weighted by atomic mass is 32.1. The molecule has 1 aromatic carbocycles. The third kappa shape index (κ3) is 4.04. The lowest BCUT2D eigenvalue weighted by Crippen LogP contribution is -2.33. The van der Waals surface area contributed by atoms with E-state index in [1.54, 1.807) is 14.0 Å². The van der Waals surface area contributed by atoms with E-state index in [9.17, 15) is 0 Å². The Hall–Kier alpha value is -1.33. The summed E-state index contributed by atoms with van der Waals surface area (Å²) in [6.45, 7) is 2.11. The SMILES string of the molecule is COc1ccccc1NC(=S)NCC(C)O. The molecule has 0 saturated carbocycles. The van der Waals surface area contributed by atoms with Crippen molar-refractivity contribution in [1.29, 1.82) is 0 Å². The van der Waals surface area contributed by atoms with Crippen molar-refractivity contribution in [3.63, 3.8) is 0 Å². The zero-order valence-electron chi connectivity index (χ0n) is 9.36. The van der Waals surface area contributed by atoms with Crippen LogP contribution in [0.2, 0.25) is 0 Å². The molecule has 0 bridgehead atoms. The highest BCUT2D eigenvalue weighted by Gasteiger charge is 2.03. The number of methoxy groups -OCH3 is 1. The third-order valence-corrected chi connectivity index (χ3v) is 2.16. The Morgan fingerprint density at radius 2 is 2.19 bits per heavy atom. The molecule has 0 aliphatic carbocycles. The number of ether oxygens (including phenoxy) is 1. The molecule has 16 heavy (non-hydrogen) atoms. The zero-order valence-corrected chi connectivity index (χ0v) is 10.2. The van der Waals surface area contributed by atoms with Gasteiger partial charge in [-0.1, -0.05) is 12.1 Å². The molecule has 5 heteroatoms. The van der Waals surface area contributed by atoms with E-state index in [-0.39, 0.29) is 0 Å². The second-order valence-corrected chi connectivity index (χ2v) is 3.79. The number of thiocarbonyl (C=S) groups is 1. The van der Waals surface area contributed by atoms with Gasteiger partial charge in [-0.25, -0.2) is 0 Å². The maximum Gasteiger partial charge on any atom is 0.170 e. The largest absolute Gasteiger partial charge is 0.495 e. The van der Waals surface area contributed by atoms with Crippen molar-refractivity contribution in [3.8, 4) is 5.75 Å². The zero-order chi connectivity index (χ0) is 12.0. The maximum atomic E-state index is 9.09. The van der Waals surface area contributed by atoms with Gasteiger partial charge in [0.25, 0.3) is 0 Å². The quantitative estimate of drug-likeness (QED) is 0.694. The van der Waals surface area contributed by atoms with Crippen LogP contribution in [0.25, 0.3) is 0 Å². The molecular weight excluding hydrogens is 224 g/mol. The van der Waals surface area contributed by atoms with Gasteiger partial charge in [0.1, 0.15) is 5.75 Å². The van der Waals surface area contributed by atoms with Crippen molar-refractivity contribution in [1.82, 2.24) is 5.32 Å². The molecule has 1 unspecified atom stereocenters. The summed E-state index contributed by atoms with van der Waals surface area (Å²) in [5.41, 5.74) is 0.799. The first-order chi connectivity index (χ1) is 7.63. The standard InChI is InChI=1S/C11H16N2O2S/c1-8(14)7-12-11(16)13-9-5-3-4-6-10(9)15-2/h3-6,8,14H,7H2,1-2H3,(H2,12,13,16). The number of aliphatic hydroxyl groups is 1. The van der Waals surface area contributed by atoms with Crippen molar-refractivity contribution in [2.45, 2.75) is 13.0 Å². The molecule has 0 aliphatic rings. The van der Waals surface area contributed by atoms with Crippen LogP contribution in [0.3, 0.4) is 0 Å². The molecule has 1 aromatic rings. The highest BCUT2D eigenvalue weighted by Crippen LogP contribution is 2.22. The normalized spacial score (nSPS) is 11.7. The lowest BCUT2D eigenvalue weighted by atomic mass is 10.3. The summed E-state index contributed by atoms with van der Waals surface area (Å²) >= 11 is 5.07. The Kier molecular flexibility index (Phi) is 5.01. The minimum atomic E-state index is -0.433. The second-order valence-electron chi connectivity index (χ2n) is 3.38. The summed E-state index contributed by atoms with van der Waals surface area (Å²) < 4.78 is 5.17. The second kappa shape index (κ2) is 6.30. The maximum absolute atomic E-state index is 9.09. The molecule has 0 heterocycles. The first-order valence-corrected chi connectivity index (χ1v) is 5.40. The summed E-state index contributed by atoms with van der Waals surface area (Å²) in [5.74, 6) is 0.726. The van der Waals surface area contributed by atoms with Crippen LogP contribution in [-0.2, 0) is 0 Å². The van der Waals surface area contributed by atoms with Crippen LogP contribution in [0.4, 0.5) is 5.69 Å². The molecule has 0 radical (unpaired) electrons. The monoisotopic (exact) mass is 240 g/mol. The Morgan fingerprint density at radius 1 is 1.50 bits per heavy atom. The smallest absolute Gasteiger partial charge is 0.170 e. The number of rotatable bonds is 4. The minimum Gasteiger partial charge on any atom is -0.495 e. The first-order valence-electron chi connectivity index (χ1n) is 4.99. The minimum absolute atomic E-state index is 0.418. The molecule has 88 valence electrons. The number of anilines is 1. The van der Waals surface area contributed by atoms with Crippen LogP contribution in [-0.4, -0.2) is 30.0 Å². The molecule has 0 aliphatic heterocycles. The van der Waals surface area contributed by atoms with E-state index >= 15 is 0 Å². The molecule has 0 fully saturated rings. The van der Waals surface area contributed by atoms with Gasteiger partial charge >= 0.3 is 0 Å². The van der Waals surface area contributed by atoms with Crippen molar-refractivity contribution in [3.05, 3.63) is 24.3 Å². The fourth-order valence-electron chi connectivity index (χ4n) is 1.15. The average molecular weight is 240 g/mol. The molecule has 3 N–H and O–H groups in total. The summed E-state index contributed by atoms with van der Waals surface area (Å²) in [5, 5.41) is 15.5. The van der Waals surface area contributed by atoms with E-state index in [0.29, 0.717) is 11.7 Å². The number of benzene rings is 1. The van der Waals surface area contributed by atoms with Gasteiger partial charge in [-0.15, -0.1) is 0 Å². The lowest BCUT2D eigenvalue weighted by molar-refractivity contribution is 0.198. The van der Waals surface area contributed by atoms with E-state index < -0.39 is 6.10 Å². The fraction of sp³-hybridized carbons (Fsp3) is 0.364. The number of nitrogens with one attached hydrogen (secondary N) is 2. The van der Waals surface area contributed by atoms with Crippen LogP contribution >= 0.6 is 12.2 Å². The van der Waals surface area contributed by atoms with E-state index in [1.807, 2.05) is 24.3 Å². The number of aliphatic hydroxyl groups excluding tert-OH is 1. The van der Waals surface area contributed by atoms with Gasteiger partial charge in [-0.2, -0.15) is 0 Å². The summed E-state index contributed by atoms with van der Waals surface area (Å²) in [6, 6.07) is 7.49. The van der Waals surface area contributed by atoms with E-state index in [2.05, 4.69) is 10.6 Å². The van der Waals surface area contributed by atoms with Gasteiger partial charge in [-0.05, 0) is 31.3 Å². The predicted octanol–water partition coefficient (Wildman–Crippen LogP) is 1.36. The van der Waals surface area contributed by atoms with Crippen LogP contribution in [0.15, 0.2) is 24.3 Å². The first kappa shape index (κ1) is 12.7. The fourth-order valence-corrected chi connectivity index (χ4v) is 1.35. The molecule has 0 amide bonds. The Morgan fingerprint density at radius 3 is 2.81 bits per heavy atom. The van der Waals surface area contributed by atoms with Gasteiger partial charge in [0, 0.05) is 6.54 Å². The topological polar surface area (TPSA) is 53.5 Å². The Bertz CT molecular complexity index is 356. The highest BCUT2D eigenvalue weighted by molar-refractivity contribution is 7.80. The van der Waals surface area contributed by atoms with E-state index in [4.69, 9.17) is 22.1 Å². The van der Waals surface area contributed by atoms with Gasteiger partial charge < -0.3 is 20.5 Å². The van der Waals surface area contributed by atoms with Crippen molar-refractivity contribution in [2.75, 3.05) is 19.0 Å². The van der Waals surface area contributed by atoms with Gasteiger partial charge in [0.05, 0.1) is 18.9 Å². The molecule has 0 saturated heterocycles. The van der Waals surface area contributed by atoms with Crippen molar-refractivity contribution in [2.24, 2.45) is 0 Å². The molecule has 1 rings (SSSR count). The number of para-hydroxylation sites is 2. The molecule has 0 aromatic heterocycles. The number of hydrogen-bond donors (Lipinski definition) is 3. The summed E-state index contributed by atoms with van der Waals surface area (Å²) in [7, 11) is 1.60. The summed E-state index contributed by atoms with van der Waals surface area (Å²) in [4.78, 5) is 0. The lowest BCUT2D eigenvalue weighted by Gasteiger charge is -2.13. The van der Waals surface area contributed by atoms with E-state index in [0.717, 1.165) is 11.4 Å². The van der Waals surface area contributed by atoms with Gasteiger partial charge in [0.2, 0.25) is 0 Å². The van der Waals surface area contributed by atoms with Crippen molar-refractivity contribution < 1.29 is 9.84 Å². The van der Waals surface area contributed by atoms with Gasteiger partial charge in [0.15, 0.2) is 5.11 Å². The van der Waals surface area contributed by atoms with Gasteiger partial charge in [-0.3, -0.25) is 0 Å². The van der Waals surface area contributed by atoms with Crippen LogP contribution < -0.4 is 15.4 Å².